The van der Waals surface area contributed by atoms with Gasteiger partial charge >= 0.3 is 0 Å². The molecule has 3 aromatic rings. The van der Waals surface area contributed by atoms with E-state index >= 15 is 0 Å². The Morgan fingerprint density at radius 2 is 1.26 bits per heavy atom. The highest BCUT2D eigenvalue weighted by Gasteiger charge is 2.42. The third-order valence-electron chi connectivity index (χ3n) is 8.18. The van der Waals surface area contributed by atoms with Crippen LogP contribution in [0.15, 0.2) is 36.4 Å². The second kappa shape index (κ2) is 14.3. The first-order valence-electron chi connectivity index (χ1n) is 14.6. The Kier molecular flexibility index (Phi) is 11.1. The molecule has 0 saturated carbocycles. The van der Waals surface area contributed by atoms with Crippen molar-refractivity contribution >= 4 is 47.0 Å². The Bertz CT molecular complexity index is 1280. The average Bonchev–Trinajstić information content (AvgIpc) is 3.16. The standard InChI is InChI=1S/C32H42IN3S2/c1-3-5-7-9-11-13-19-32(20-14-12-10-8-6-4-2)27-21-23(29-34-30(37)36-31(38)35-29)15-17-25(27)26-18-16-24(33)22-28(26)32/h15-18,21-22H,3-14,19-20H2,1-2H3,(H2,34,35,36,37,38). The zero-order chi connectivity index (χ0) is 27.0. The lowest BCUT2D eigenvalue weighted by Gasteiger charge is -2.33. The van der Waals surface area contributed by atoms with Gasteiger partial charge < -0.3 is 9.97 Å². The summed E-state index contributed by atoms with van der Waals surface area (Å²) in [4.78, 5) is 10.8. The molecule has 6 heteroatoms. The molecule has 0 fully saturated rings. The average molecular weight is 660 g/mol. The number of aromatic nitrogens is 3. The lowest BCUT2D eigenvalue weighted by molar-refractivity contribution is 0.398. The highest BCUT2D eigenvalue weighted by Crippen LogP contribution is 2.55. The van der Waals surface area contributed by atoms with Crippen LogP contribution in [0.5, 0.6) is 0 Å². The second-order valence-electron chi connectivity index (χ2n) is 10.9. The van der Waals surface area contributed by atoms with Gasteiger partial charge in [-0.3, -0.25) is 0 Å². The number of aromatic amines is 2. The maximum atomic E-state index is 5.39. The van der Waals surface area contributed by atoms with E-state index in [-0.39, 0.29) is 5.41 Å². The van der Waals surface area contributed by atoms with Crippen LogP contribution in [0.1, 0.15) is 115 Å². The summed E-state index contributed by atoms with van der Waals surface area (Å²) in [6.07, 6.45) is 18.3. The van der Waals surface area contributed by atoms with Gasteiger partial charge in [0.15, 0.2) is 4.77 Å². The topological polar surface area (TPSA) is 44.5 Å². The summed E-state index contributed by atoms with van der Waals surface area (Å²) >= 11 is 13.2. The minimum atomic E-state index is 0.0475. The van der Waals surface area contributed by atoms with Gasteiger partial charge in [-0.2, -0.15) is 0 Å². The van der Waals surface area contributed by atoms with Gasteiger partial charge in [-0.15, -0.1) is 0 Å². The van der Waals surface area contributed by atoms with Gasteiger partial charge in [0.1, 0.15) is 5.82 Å². The predicted molar refractivity (Wildman–Crippen MR) is 175 cm³/mol. The van der Waals surface area contributed by atoms with Crippen molar-refractivity contribution in [2.75, 3.05) is 0 Å². The van der Waals surface area contributed by atoms with E-state index in [1.54, 1.807) is 0 Å². The van der Waals surface area contributed by atoms with Crippen molar-refractivity contribution in [1.82, 2.24) is 15.0 Å². The lowest BCUT2D eigenvalue weighted by atomic mass is 9.70. The number of hydrogen-bond donors (Lipinski definition) is 2. The van der Waals surface area contributed by atoms with Gasteiger partial charge in [0.05, 0.1) is 0 Å². The van der Waals surface area contributed by atoms with Crippen molar-refractivity contribution in [2.24, 2.45) is 0 Å². The fraction of sp³-hybridized carbons (Fsp3) is 0.531. The largest absolute Gasteiger partial charge is 0.317 e. The second-order valence-corrected chi connectivity index (χ2v) is 13.0. The molecule has 0 unspecified atom stereocenters. The van der Waals surface area contributed by atoms with Crippen molar-refractivity contribution < 1.29 is 0 Å². The molecule has 0 saturated heterocycles. The number of hydrogen-bond acceptors (Lipinski definition) is 3. The normalized spacial score (nSPS) is 13.4. The van der Waals surface area contributed by atoms with Crippen LogP contribution < -0.4 is 0 Å². The third kappa shape index (κ3) is 7.03. The highest BCUT2D eigenvalue weighted by molar-refractivity contribution is 14.1. The molecule has 1 heterocycles. The third-order valence-corrected chi connectivity index (χ3v) is 9.24. The number of rotatable bonds is 15. The van der Waals surface area contributed by atoms with Crippen molar-refractivity contribution in [1.29, 1.82) is 0 Å². The van der Waals surface area contributed by atoms with Crippen molar-refractivity contribution in [3.05, 3.63) is 60.6 Å². The first kappa shape index (κ1) is 29.6. The van der Waals surface area contributed by atoms with Gasteiger partial charge in [-0.1, -0.05) is 109 Å². The molecule has 1 aliphatic carbocycles. The minimum absolute atomic E-state index is 0.0475. The van der Waals surface area contributed by atoms with E-state index in [9.17, 15) is 0 Å². The maximum absolute atomic E-state index is 5.39. The van der Waals surface area contributed by atoms with Crippen LogP contribution in [0, 0.1) is 13.1 Å². The smallest absolute Gasteiger partial charge is 0.200 e. The van der Waals surface area contributed by atoms with E-state index in [4.69, 9.17) is 24.4 Å². The molecule has 2 aromatic carbocycles. The fourth-order valence-electron chi connectivity index (χ4n) is 6.22. The quantitative estimate of drug-likeness (QED) is 0.0970. The zero-order valence-electron chi connectivity index (χ0n) is 23.0. The van der Waals surface area contributed by atoms with Gasteiger partial charge in [-0.25, -0.2) is 4.98 Å². The van der Waals surface area contributed by atoms with Gasteiger partial charge in [0.2, 0.25) is 4.77 Å². The van der Waals surface area contributed by atoms with Crippen LogP contribution in [0.2, 0.25) is 0 Å². The van der Waals surface area contributed by atoms with Crippen molar-refractivity contribution in [2.45, 2.75) is 109 Å². The zero-order valence-corrected chi connectivity index (χ0v) is 26.8. The number of H-pyrrole nitrogens is 2. The van der Waals surface area contributed by atoms with Crippen molar-refractivity contribution in [3.63, 3.8) is 0 Å². The first-order valence-corrected chi connectivity index (χ1v) is 16.5. The number of nitrogens with one attached hydrogen (secondary N) is 2. The van der Waals surface area contributed by atoms with Crippen LogP contribution in [-0.4, -0.2) is 15.0 Å². The molecule has 0 radical (unpaired) electrons. The summed E-state index contributed by atoms with van der Waals surface area (Å²) in [7, 11) is 0. The molecule has 1 aromatic heterocycles. The molecule has 0 atom stereocenters. The number of halogens is 1. The molecule has 4 rings (SSSR count). The minimum Gasteiger partial charge on any atom is -0.317 e. The van der Waals surface area contributed by atoms with Gasteiger partial charge in [0.25, 0.3) is 0 Å². The Labute approximate surface area is 252 Å². The van der Waals surface area contributed by atoms with Crippen LogP contribution in [0.4, 0.5) is 0 Å². The summed E-state index contributed by atoms with van der Waals surface area (Å²) in [5.74, 6) is 0.750. The summed E-state index contributed by atoms with van der Waals surface area (Å²) in [5, 5.41) is 0. The fourth-order valence-corrected chi connectivity index (χ4v) is 7.17. The lowest BCUT2D eigenvalue weighted by Crippen LogP contribution is -2.26. The van der Waals surface area contributed by atoms with E-state index in [1.165, 1.54) is 116 Å². The van der Waals surface area contributed by atoms with E-state index in [2.05, 4.69) is 87.8 Å². The molecular formula is C32H42IN3S2. The number of unbranched alkanes of at least 4 members (excludes halogenated alkanes) is 10. The van der Waals surface area contributed by atoms with Crippen LogP contribution >= 0.6 is 47.0 Å². The summed E-state index contributed by atoms with van der Waals surface area (Å²) in [6.45, 7) is 4.59. The first-order chi connectivity index (χ1) is 18.5. The monoisotopic (exact) mass is 659 g/mol. The molecule has 0 spiro atoms. The van der Waals surface area contributed by atoms with Crippen molar-refractivity contribution in [3.8, 4) is 22.5 Å². The number of benzene rings is 2. The molecule has 0 bridgehead atoms. The van der Waals surface area contributed by atoms with Crippen LogP contribution in [0.3, 0.4) is 0 Å². The SMILES string of the molecule is CCCCCCCCC1(CCCCCCCC)c2cc(I)ccc2-c2ccc(-c3nc(=S)[nH]c(=S)[nH]3)cc21. The summed E-state index contributed by atoms with van der Waals surface area (Å²) in [5.41, 5.74) is 6.91. The number of fused-ring (bicyclic) bond motifs is 3. The molecule has 2 N–H and O–H groups in total. The Morgan fingerprint density at radius 1 is 0.711 bits per heavy atom. The Hall–Kier alpha value is -1.38. The van der Waals surface area contributed by atoms with E-state index in [1.807, 2.05) is 0 Å². The van der Waals surface area contributed by atoms with Crippen LogP contribution in [0.25, 0.3) is 22.5 Å². The summed E-state index contributed by atoms with van der Waals surface area (Å²) < 4.78 is 2.26. The van der Waals surface area contributed by atoms with Crippen LogP contribution in [-0.2, 0) is 5.41 Å². The molecule has 0 aliphatic heterocycles. The van der Waals surface area contributed by atoms with E-state index < -0.39 is 0 Å². The maximum Gasteiger partial charge on any atom is 0.200 e. The highest BCUT2D eigenvalue weighted by atomic mass is 127. The molecule has 3 nitrogen and oxygen atoms in total. The Morgan fingerprint density at radius 3 is 1.87 bits per heavy atom. The summed E-state index contributed by atoms with van der Waals surface area (Å²) in [6, 6.07) is 13.9. The number of nitrogens with zero attached hydrogens (tertiary/aromatic N) is 1. The predicted octanol–water partition coefficient (Wildman–Crippen LogP) is 11.2. The van der Waals surface area contributed by atoms with E-state index in [0.717, 1.165) is 11.4 Å². The van der Waals surface area contributed by atoms with E-state index in [0.29, 0.717) is 9.54 Å². The molecule has 38 heavy (non-hydrogen) atoms. The molecule has 204 valence electrons. The molecule has 0 amide bonds. The molecular weight excluding hydrogens is 617 g/mol. The molecule has 1 aliphatic rings. The Balaban J connectivity index is 1.73. The van der Waals surface area contributed by atoms with Gasteiger partial charge in [0, 0.05) is 14.5 Å². The van der Waals surface area contributed by atoms with Gasteiger partial charge in [-0.05, 0) is 100 Å².